The summed E-state index contributed by atoms with van der Waals surface area (Å²) in [4.78, 5) is 56.4. The number of alkyl halides is 3. The number of aromatic amines is 1. The Hall–Kier alpha value is -2.47. The van der Waals surface area contributed by atoms with Gasteiger partial charge in [-0.1, -0.05) is 0 Å². The standard InChI is InChI=1S/C20H25F3N10O9P2S2/c21-8-11-6(39-17(8)32-4-28-9-13(24)26-3-27-14(9)32)1-37-44(36,46)42-12-18(33-5-29-10-15(33)30-19(25)31-16(10)34)40-7(20(12,22)23)2-38-43(35,45)41-11/h3-8,11-12,17-18,35-36,43-46H,1-2H2,(H2,24,26,27)(H3,25,30,31,34)/t6-,7-,8+,11-,12+,17-,18-/m1/s1. The monoisotopic (exact) mass is 732 g/mol. The van der Waals surface area contributed by atoms with Crippen LogP contribution in [0.5, 0.6) is 0 Å². The topological polar surface area (TPSA) is 255 Å². The fourth-order valence-corrected chi connectivity index (χ4v) is 8.65. The third-order valence-electron chi connectivity index (χ3n) is 7.45. The molecule has 4 aromatic heterocycles. The van der Waals surface area contributed by atoms with Crippen molar-refractivity contribution in [1.82, 2.24) is 39.0 Å². The molecule has 7 atom stereocenters. The van der Waals surface area contributed by atoms with Gasteiger partial charge in [0.2, 0.25) is 0 Å². The summed E-state index contributed by atoms with van der Waals surface area (Å²) in [6, 6.07) is 0. The van der Waals surface area contributed by atoms with Crippen molar-refractivity contribution in [2.24, 2.45) is 0 Å². The number of aromatic nitrogens is 8. The van der Waals surface area contributed by atoms with E-state index < -0.39 is 82.0 Å². The predicted molar refractivity (Wildman–Crippen MR) is 161 cm³/mol. The van der Waals surface area contributed by atoms with Crippen LogP contribution in [-0.4, -0.2) is 98.5 Å². The third-order valence-corrected chi connectivity index (χ3v) is 11.1. The van der Waals surface area contributed by atoms with Crippen LogP contribution in [0.3, 0.4) is 0 Å². The maximum atomic E-state index is 16.0. The number of imidazole rings is 2. The molecule has 0 radical (unpaired) electrons. The molecule has 0 unspecified atom stereocenters. The number of H-pyrrole nitrogens is 1. The Balaban J connectivity index is 1.22. The number of hydrogen-bond acceptors (Lipinski definition) is 18. The molecule has 7 rings (SSSR count). The number of thiol groups is 2. The van der Waals surface area contributed by atoms with Crippen LogP contribution < -0.4 is 17.0 Å². The summed E-state index contributed by atoms with van der Waals surface area (Å²) in [5.41, 5.74) is 10.5. The molecule has 19 nitrogen and oxygen atoms in total. The van der Waals surface area contributed by atoms with E-state index in [1.807, 2.05) is 0 Å². The van der Waals surface area contributed by atoms with E-state index >= 15 is 13.2 Å². The molecule has 2 bridgehead atoms. The van der Waals surface area contributed by atoms with Gasteiger partial charge in [-0.25, -0.2) is 0 Å². The van der Waals surface area contributed by atoms with Crippen molar-refractivity contribution in [2.75, 3.05) is 24.7 Å². The van der Waals surface area contributed by atoms with Crippen LogP contribution in [0.2, 0.25) is 0 Å². The van der Waals surface area contributed by atoms with Crippen LogP contribution in [0.1, 0.15) is 12.5 Å². The Morgan fingerprint density at radius 2 is 1.63 bits per heavy atom. The summed E-state index contributed by atoms with van der Waals surface area (Å²) in [7, 11) is -9.61. The minimum absolute atomic E-state index is 0.0230. The first-order valence-electron chi connectivity index (χ1n) is 13.2. The van der Waals surface area contributed by atoms with Gasteiger partial charge in [0.15, 0.2) is 0 Å². The molecule has 3 aliphatic heterocycles. The summed E-state index contributed by atoms with van der Waals surface area (Å²) < 4.78 is 83.1. The first-order chi connectivity index (χ1) is 21.6. The summed E-state index contributed by atoms with van der Waals surface area (Å²) in [6.45, 7) is -1.78. The Morgan fingerprint density at radius 1 is 0.957 bits per heavy atom. The Kier molecular flexibility index (Phi) is 7.89. The second-order valence-electron chi connectivity index (χ2n) is 10.4. The number of fused-ring (bicyclic) bond motifs is 5. The fourth-order valence-electron chi connectivity index (χ4n) is 5.37. The predicted octanol–water partition coefficient (Wildman–Crippen LogP) is 0.373. The van der Waals surface area contributed by atoms with E-state index in [4.69, 9.17) is 39.0 Å². The summed E-state index contributed by atoms with van der Waals surface area (Å²) in [6.07, 6.45) is -9.66. The van der Waals surface area contributed by atoms with Gasteiger partial charge in [0, 0.05) is 0 Å². The number of hydrogen-bond donors (Lipinski definition) is 7. The molecule has 0 saturated carbocycles. The SMILES string of the molecule is Nc1nc2c(ncn2[C@@H]2O[C@@H]3CO[PH](O)(S)O[C@H]4[C@H](F)[C@H](n5cnc6c(N)ncnc65)O[C@@H]4CO[PH](O)(S)O[C@@H]2C3(F)F)c(=O)[nH]1. The van der Waals surface area contributed by atoms with Crippen LogP contribution >= 0.6 is 38.8 Å². The molecule has 0 aliphatic carbocycles. The number of anilines is 2. The number of ether oxygens (including phenoxy) is 2. The van der Waals surface area contributed by atoms with Gasteiger partial charge >= 0.3 is 265 Å². The number of nitrogens with zero attached hydrogens (tertiary/aromatic N) is 7. The van der Waals surface area contributed by atoms with Crippen molar-refractivity contribution in [3.8, 4) is 0 Å². The zero-order chi connectivity index (χ0) is 32.8. The van der Waals surface area contributed by atoms with Crippen molar-refractivity contribution in [1.29, 1.82) is 0 Å². The Bertz CT molecular complexity index is 1870. The molecule has 3 aliphatic rings. The van der Waals surface area contributed by atoms with Crippen LogP contribution in [0.15, 0.2) is 23.8 Å². The molecule has 26 heteroatoms. The molecule has 7 heterocycles. The van der Waals surface area contributed by atoms with Crippen molar-refractivity contribution in [3.63, 3.8) is 0 Å². The molecular weight excluding hydrogens is 707 g/mol. The first-order valence-corrected chi connectivity index (χ1v) is 19.3. The van der Waals surface area contributed by atoms with Crippen molar-refractivity contribution < 1.29 is 50.5 Å². The Labute approximate surface area is 265 Å². The molecule has 3 saturated heterocycles. The van der Waals surface area contributed by atoms with Gasteiger partial charge in [-0.3, -0.25) is 0 Å². The number of rotatable bonds is 2. The van der Waals surface area contributed by atoms with Crippen LogP contribution in [0, 0.1) is 0 Å². The number of halogens is 3. The minimum atomic E-state index is -4.87. The van der Waals surface area contributed by atoms with Crippen molar-refractivity contribution in [3.05, 3.63) is 29.3 Å². The van der Waals surface area contributed by atoms with Gasteiger partial charge < -0.3 is 0 Å². The van der Waals surface area contributed by atoms with E-state index in [1.54, 1.807) is 0 Å². The maximum absolute atomic E-state index is 16.0. The number of nitrogen functional groups attached to an aromatic ring is 2. The van der Waals surface area contributed by atoms with Gasteiger partial charge in [-0.05, 0) is 0 Å². The second kappa shape index (κ2) is 11.3. The van der Waals surface area contributed by atoms with Crippen molar-refractivity contribution >= 4 is 72.9 Å². The summed E-state index contributed by atoms with van der Waals surface area (Å²) >= 11 is 8.02. The van der Waals surface area contributed by atoms with Gasteiger partial charge in [-0.15, -0.1) is 0 Å². The number of nitrogens with two attached hydrogens (primary N) is 2. The summed E-state index contributed by atoms with van der Waals surface area (Å²) in [5, 5.41) is 0. The zero-order valence-electron chi connectivity index (χ0n) is 22.8. The van der Waals surface area contributed by atoms with E-state index in [9.17, 15) is 14.6 Å². The van der Waals surface area contributed by atoms with Gasteiger partial charge in [0.1, 0.15) is 0 Å². The van der Waals surface area contributed by atoms with Gasteiger partial charge in [0.05, 0.1) is 0 Å². The van der Waals surface area contributed by atoms with E-state index in [-0.39, 0.29) is 34.1 Å². The quantitative estimate of drug-likeness (QED) is 0.109. The second-order valence-corrected chi connectivity index (χ2v) is 17.0. The average Bonchev–Trinajstić information content (AvgIpc) is 3.71. The zero-order valence-corrected chi connectivity index (χ0v) is 26.5. The van der Waals surface area contributed by atoms with Crippen molar-refractivity contribution in [2.45, 2.75) is 49.0 Å². The molecule has 0 amide bonds. The molecule has 3 fully saturated rings. The van der Waals surface area contributed by atoms with Crippen LogP contribution in [-0.2, 0) is 27.6 Å². The molecule has 46 heavy (non-hydrogen) atoms. The third kappa shape index (κ3) is 5.48. The molecule has 0 aromatic carbocycles. The molecule has 0 spiro atoms. The normalized spacial score (nSPS) is 33.9. The summed E-state index contributed by atoms with van der Waals surface area (Å²) in [5.74, 6) is -4.29. The molecule has 4 aromatic rings. The first kappa shape index (κ1) is 32.1. The molecule has 252 valence electrons. The van der Waals surface area contributed by atoms with E-state index in [2.05, 4.69) is 54.4 Å². The average molecular weight is 733 g/mol. The van der Waals surface area contributed by atoms with E-state index in [0.717, 1.165) is 17.2 Å². The Morgan fingerprint density at radius 3 is 2.39 bits per heavy atom. The van der Waals surface area contributed by atoms with Gasteiger partial charge in [0.25, 0.3) is 0 Å². The number of nitrogens with one attached hydrogen (secondary N) is 1. The van der Waals surface area contributed by atoms with E-state index in [0.29, 0.717) is 0 Å². The van der Waals surface area contributed by atoms with E-state index in [1.165, 1.54) is 10.9 Å². The van der Waals surface area contributed by atoms with Crippen LogP contribution in [0.4, 0.5) is 24.9 Å². The van der Waals surface area contributed by atoms with Crippen LogP contribution in [0.25, 0.3) is 22.3 Å². The van der Waals surface area contributed by atoms with Gasteiger partial charge in [-0.2, -0.15) is 0 Å². The fraction of sp³-hybridized carbons (Fsp3) is 0.500. The molecular formula is C20H25F3N10O9P2S2. The molecule has 7 N–H and O–H groups in total.